The third-order valence-corrected chi connectivity index (χ3v) is 8.04. The van der Waals surface area contributed by atoms with Crippen LogP contribution < -0.4 is 10.6 Å². The van der Waals surface area contributed by atoms with Gasteiger partial charge in [-0.15, -0.1) is 0 Å². The lowest BCUT2D eigenvalue weighted by Gasteiger charge is -2.24. The van der Waals surface area contributed by atoms with Crippen molar-refractivity contribution in [2.24, 2.45) is 0 Å². The average molecular weight is 405 g/mol. The molecule has 0 amide bonds. The molecule has 0 aromatic rings. The predicted molar refractivity (Wildman–Crippen MR) is 118 cm³/mol. The third kappa shape index (κ3) is 16.7. The van der Waals surface area contributed by atoms with Gasteiger partial charge in [-0.3, -0.25) is 0 Å². The van der Waals surface area contributed by atoms with E-state index in [1.54, 1.807) is 21.3 Å². The molecule has 0 atom stereocenters. The summed E-state index contributed by atoms with van der Waals surface area (Å²) in [6.07, 6.45) is 16.5. The smallest absolute Gasteiger partial charge is 0.377 e. The molecule has 0 aliphatic rings. The Hall–Kier alpha value is 0.0169. The van der Waals surface area contributed by atoms with Gasteiger partial charge < -0.3 is 23.9 Å². The molecule has 0 saturated heterocycles. The van der Waals surface area contributed by atoms with E-state index >= 15 is 0 Å². The molecular weight excluding hydrogens is 356 g/mol. The van der Waals surface area contributed by atoms with E-state index in [1.165, 1.54) is 70.6 Å². The van der Waals surface area contributed by atoms with E-state index in [2.05, 4.69) is 17.6 Å². The molecule has 0 aromatic carbocycles. The van der Waals surface area contributed by atoms with E-state index in [9.17, 15) is 0 Å². The van der Waals surface area contributed by atoms with Crippen LogP contribution in [0.2, 0.25) is 6.04 Å². The molecular formula is C21H48N2O3Si. The predicted octanol–water partition coefficient (Wildman–Crippen LogP) is 4.74. The minimum Gasteiger partial charge on any atom is -0.377 e. The molecule has 0 unspecified atom stereocenters. The normalized spacial score (nSPS) is 12.0. The van der Waals surface area contributed by atoms with Crippen LogP contribution in [0.25, 0.3) is 0 Å². The van der Waals surface area contributed by atoms with Crippen LogP contribution in [0.1, 0.15) is 84.0 Å². The van der Waals surface area contributed by atoms with Gasteiger partial charge in [-0.05, 0) is 25.9 Å². The molecule has 27 heavy (non-hydrogen) atoms. The minimum atomic E-state index is -2.38. The lowest BCUT2D eigenvalue weighted by molar-refractivity contribution is 0.123. The first-order chi connectivity index (χ1) is 13.2. The Kier molecular flexibility index (Phi) is 20.8. The Morgan fingerprint density at radius 1 is 0.519 bits per heavy atom. The topological polar surface area (TPSA) is 51.8 Å². The van der Waals surface area contributed by atoms with Gasteiger partial charge in [0.1, 0.15) is 0 Å². The Morgan fingerprint density at radius 2 is 0.926 bits per heavy atom. The standard InChI is InChI=1S/C21H48N2O3Si/c1-5-6-7-8-9-10-11-12-13-14-15-17-22-19-20-23-18-16-21-27(24-2,25-3)26-4/h22-23H,5-21H2,1-4H3. The monoisotopic (exact) mass is 404 g/mol. The fourth-order valence-corrected chi connectivity index (χ4v) is 5.05. The quantitative estimate of drug-likeness (QED) is 0.201. The van der Waals surface area contributed by atoms with Crippen LogP contribution in [0.5, 0.6) is 0 Å². The average Bonchev–Trinajstić information content (AvgIpc) is 2.70. The Labute approximate surface area is 170 Å². The van der Waals surface area contributed by atoms with Crippen molar-refractivity contribution in [1.29, 1.82) is 0 Å². The summed E-state index contributed by atoms with van der Waals surface area (Å²) in [6.45, 7) is 6.46. The zero-order chi connectivity index (χ0) is 20.1. The van der Waals surface area contributed by atoms with Crippen molar-refractivity contribution in [2.75, 3.05) is 47.5 Å². The number of hydrogen-bond donors (Lipinski definition) is 2. The maximum absolute atomic E-state index is 5.42. The van der Waals surface area contributed by atoms with Crippen LogP contribution in [0.15, 0.2) is 0 Å². The second-order valence-electron chi connectivity index (χ2n) is 7.43. The van der Waals surface area contributed by atoms with Crippen molar-refractivity contribution in [2.45, 2.75) is 90.0 Å². The summed E-state index contributed by atoms with van der Waals surface area (Å²) in [7, 11) is 2.63. The Morgan fingerprint density at radius 3 is 1.37 bits per heavy atom. The van der Waals surface area contributed by atoms with Crippen LogP contribution in [0.4, 0.5) is 0 Å². The van der Waals surface area contributed by atoms with Gasteiger partial charge in [-0.25, -0.2) is 0 Å². The highest BCUT2D eigenvalue weighted by Crippen LogP contribution is 2.14. The van der Waals surface area contributed by atoms with Crippen molar-refractivity contribution >= 4 is 8.80 Å². The van der Waals surface area contributed by atoms with Crippen LogP contribution in [-0.4, -0.2) is 56.3 Å². The molecule has 0 saturated carbocycles. The van der Waals surface area contributed by atoms with Crippen LogP contribution in [0.3, 0.4) is 0 Å². The number of nitrogens with one attached hydrogen (secondary N) is 2. The second kappa shape index (κ2) is 20.7. The first kappa shape index (κ1) is 27.0. The molecule has 0 radical (unpaired) electrons. The first-order valence-electron chi connectivity index (χ1n) is 11.3. The molecule has 0 rings (SSSR count). The van der Waals surface area contributed by atoms with Crippen molar-refractivity contribution < 1.29 is 13.3 Å². The zero-order valence-corrected chi connectivity index (χ0v) is 19.7. The van der Waals surface area contributed by atoms with Gasteiger partial charge in [-0.2, -0.15) is 0 Å². The molecule has 0 fully saturated rings. The lowest BCUT2D eigenvalue weighted by Crippen LogP contribution is -2.43. The summed E-state index contributed by atoms with van der Waals surface area (Å²) < 4.78 is 16.3. The number of rotatable bonds is 22. The molecule has 0 heterocycles. The van der Waals surface area contributed by atoms with Crippen LogP contribution in [-0.2, 0) is 13.3 Å². The molecule has 0 aliphatic heterocycles. The number of unbranched alkanes of at least 4 members (excludes halogenated alkanes) is 10. The molecule has 6 heteroatoms. The molecule has 0 aliphatic carbocycles. The molecule has 0 aromatic heterocycles. The van der Waals surface area contributed by atoms with E-state index in [1.807, 2.05) is 0 Å². The third-order valence-electron chi connectivity index (χ3n) is 5.21. The highest BCUT2D eigenvalue weighted by Gasteiger charge is 2.36. The van der Waals surface area contributed by atoms with Gasteiger partial charge in [0.05, 0.1) is 0 Å². The molecule has 0 bridgehead atoms. The van der Waals surface area contributed by atoms with Gasteiger partial charge in [0.25, 0.3) is 0 Å². The van der Waals surface area contributed by atoms with Gasteiger partial charge >= 0.3 is 8.80 Å². The second-order valence-corrected chi connectivity index (χ2v) is 10.5. The van der Waals surface area contributed by atoms with Crippen molar-refractivity contribution in [3.63, 3.8) is 0 Å². The summed E-state index contributed by atoms with van der Waals surface area (Å²) in [5, 5.41) is 7.00. The van der Waals surface area contributed by atoms with Crippen molar-refractivity contribution in [3.8, 4) is 0 Å². The van der Waals surface area contributed by atoms with Gasteiger partial charge in [-0.1, -0.05) is 71.1 Å². The van der Waals surface area contributed by atoms with E-state index in [0.717, 1.165) is 38.6 Å². The fourth-order valence-electron chi connectivity index (χ4n) is 3.33. The molecule has 164 valence electrons. The van der Waals surface area contributed by atoms with E-state index in [0.29, 0.717) is 0 Å². The van der Waals surface area contributed by atoms with Gasteiger partial charge in [0, 0.05) is 40.5 Å². The lowest BCUT2D eigenvalue weighted by atomic mass is 10.1. The molecule has 5 nitrogen and oxygen atoms in total. The summed E-state index contributed by atoms with van der Waals surface area (Å²) in [4.78, 5) is 0. The van der Waals surface area contributed by atoms with Crippen LogP contribution >= 0.6 is 0 Å². The Bertz CT molecular complexity index is 284. The summed E-state index contributed by atoms with van der Waals surface area (Å²) in [5.41, 5.74) is 0. The maximum Gasteiger partial charge on any atom is 0.500 e. The zero-order valence-electron chi connectivity index (χ0n) is 18.7. The molecule has 0 spiro atoms. The largest absolute Gasteiger partial charge is 0.500 e. The molecule has 2 N–H and O–H groups in total. The van der Waals surface area contributed by atoms with E-state index in [-0.39, 0.29) is 0 Å². The highest BCUT2D eigenvalue weighted by molar-refractivity contribution is 6.60. The van der Waals surface area contributed by atoms with Crippen molar-refractivity contribution in [1.82, 2.24) is 10.6 Å². The minimum absolute atomic E-state index is 0.857. The van der Waals surface area contributed by atoms with Gasteiger partial charge in [0.2, 0.25) is 0 Å². The first-order valence-corrected chi connectivity index (χ1v) is 13.2. The number of hydrogen-bond acceptors (Lipinski definition) is 5. The van der Waals surface area contributed by atoms with E-state index < -0.39 is 8.80 Å². The summed E-state index contributed by atoms with van der Waals surface area (Å²) in [6, 6.07) is 0.857. The highest BCUT2D eigenvalue weighted by atomic mass is 28.4. The Balaban J connectivity index is 3.19. The fraction of sp³-hybridized carbons (Fsp3) is 1.00. The van der Waals surface area contributed by atoms with Gasteiger partial charge in [0.15, 0.2) is 0 Å². The maximum atomic E-state index is 5.42. The summed E-state index contributed by atoms with van der Waals surface area (Å²) in [5.74, 6) is 0. The van der Waals surface area contributed by atoms with Crippen LogP contribution in [0, 0.1) is 0 Å². The summed E-state index contributed by atoms with van der Waals surface area (Å²) >= 11 is 0. The van der Waals surface area contributed by atoms with E-state index in [4.69, 9.17) is 13.3 Å². The SMILES string of the molecule is CCCCCCCCCCCCCNCCNCCC[Si](OC)(OC)OC. The van der Waals surface area contributed by atoms with Crippen molar-refractivity contribution in [3.05, 3.63) is 0 Å².